The van der Waals surface area contributed by atoms with Gasteiger partial charge >= 0.3 is 12.0 Å². The number of hydrogen-bond acceptors (Lipinski definition) is 9. The molecular weight excluding hydrogens is 470 g/mol. The average molecular weight is 502 g/mol. The Morgan fingerprint density at radius 2 is 1.86 bits per heavy atom. The van der Waals surface area contributed by atoms with Gasteiger partial charge in [-0.15, -0.1) is 0 Å². The Kier molecular flexibility index (Phi) is 7.10. The average Bonchev–Trinajstić information content (AvgIpc) is 3.43. The third kappa shape index (κ3) is 5.99. The molecule has 0 saturated heterocycles. The van der Waals surface area contributed by atoms with Gasteiger partial charge in [0.1, 0.15) is 5.82 Å². The predicted octanol–water partition coefficient (Wildman–Crippen LogP) is 2.99. The second-order valence-corrected chi connectivity index (χ2v) is 10.5. The lowest BCUT2D eigenvalue weighted by Crippen LogP contribution is -2.42. The van der Waals surface area contributed by atoms with Gasteiger partial charge in [0, 0.05) is 40.7 Å². The summed E-state index contributed by atoms with van der Waals surface area (Å²) in [6.45, 7) is 7.11. The molecule has 12 heteroatoms. The first-order valence-corrected chi connectivity index (χ1v) is 12.3. The molecule has 188 valence electrons. The lowest BCUT2D eigenvalue weighted by atomic mass is 10.1. The minimum atomic E-state index is -0.392. The van der Waals surface area contributed by atoms with E-state index in [1.54, 1.807) is 13.2 Å². The van der Waals surface area contributed by atoms with Crippen LogP contribution < -0.4 is 30.3 Å². The van der Waals surface area contributed by atoms with E-state index in [4.69, 9.17) is 9.47 Å². The summed E-state index contributed by atoms with van der Waals surface area (Å²) in [5, 5.41) is 9.19. The molecule has 0 spiro atoms. The molecule has 0 fully saturated rings. The van der Waals surface area contributed by atoms with Gasteiger partial charge in [-0.05, 0) is 40.0 Å². The van der Waals surface area contributed by atoms with Crippen LogP contribution in [0.2, 0.25) is 0 Å². The van der Waals surface area contributed by atoms with Crippen LogP contribution in [0.1, 0.15) is 50.6 Å². The fourth-order valence-corrected chi connectivity index (χ4v) is 5.03. The number of thiazole rings is 1. The summed E-state index contributed by atoms with van der Waals surface area (Å²) in [4.78, 5) is 41.6. The third-order valence-electron chi connectivity index (χ3n) is 5.58. The molecule has 0 aromatic carbocycles. The highest BCUT2D eigenvalue weighted by Crippen LogP contribution is 2.32. The van der Waals surface area contributed by atoms with Crippen LogP contribution in [0.5, 0.6) is 11.9 Å². The maximum absolute atomic E-state index is 12.7. The van der Waals surface area contributed by atoms with Crippen LogP contribution in [0.15, 0.2) is 17.3 Å². The fraction of sp³-hybridized carbons (Fsp3) is 0.522. The van der Waals surface area contributed by atoms with E-state index < -0.39 is 6.03 Å². The molecule has 2 aliphatic rings. The van der Waals surface area contributed by atoms with E-state index in [2.05, 4.69) is 35.8 Å². The molecule has 0 radical (unpaired) electrons. The zero-order chi connectivity index (χ0) is 25.2. The van der Waals surface area contributed by atoms with Crippen molar-refractivity contribution in [1.82, 2.24) is 25.6 Å². The van der Waals surface area contributed by atoms with Crippen molar-refractivity contribution in [3.8, 4) is 11.9 Å². The number of rotatable bonds is 6. The molecule has 0 atom stereocenters. The lowest BCUT2D eigenvalue weighted by Gasteiger charge is -2.27. The van der Waals surface area contributed by atoms with E-state index in [1.165, 1.54) is 18.4 Å². The number of methoxy groups -OCH3 is 2. The topological polar surface area (TPSA) is 131 Å². The molecular formula is C23H31N7O4S. The summed E-state index contributed by atoms with van der Waals surface area (Å²) in [5.74, 6) is 1.00. The fourth-order valence-electron chi connectivity index (χ4n) is 4.01. The molecule has 2 aromatic heterocycles. The Bertz CT molecular complexity index is 1130. The summed E-state index contributed by atoms with van der Waals surface area (Å²) in [6.07, 6.45) is 2.86. The van der Waals surface area contributed by atoms with Gasteiger partial charge in [0.05, 0.1) is 26.5 Å². The minimum absolute atomic E-state index is 0.131. The number of carbonyl (C=O) groups excluding carboxylic acids is 2. The van der Waals surface area contributed by atoms with Crippen LogP contribution in [0.4, 0.5) is 15.7 Å². The van der Waals surface area contributed by atoms with Crippen LogP contribution in [0, 0.1) is 0 Å². The Morgan fingerprint density at radius 1 is 1.06 bits per heavy atom. The normalized spacial score (nSPS) is 15.5. The van der Waals surface area contributed by atoms with Gasteiger partial charge in [-0.2, -0.15) is 9.97 Å². The molecule has 4 rings (SSSR count). The highest BCUT2D eigenvalue weighted by Gasteiger charge is 2.26. The highest BCUT2D eigenvalue weighted by molar-refractivity contribution is 7.15. The van der Waals surface area contributed by atoms with Crippen molar-refractivity contribution < 1.29 is 19.1 Å². The van der Waals surface area contributed by atoms with Crippen molar-refractivity contribution in [1.29, 1.82) is 0 Å². The third-order valence-corrected chi connectivity index (χ3v) is 6.58. The quantitative estimate of drug-likeness (QED) is 0.551. The van der Waals surface area contributed by atoms with Crippen molar-refractivity contribution in [3.05, 3.63) is 27.9 Å². The Morgan fingerprint density at radius 3 is 2.57 bits per heavy atom. The standard InChI is InChI=1S/C23H31N7O4S/c1-23(2,3)29-19(31)13-7-6-8-14(13)24-20(32)28-22-25-15-9-10-30(12-16(15)35-22)17-11-18(33-4)27-21(26-17)34-5/h11H,6-10,12H2,1-5H3,(H,29,31)(H2,24,25,28,32). The molecule has 1 aliphatic heterocycles. The number of allylic oxidation sites excluding steroid dienone is 1. The first-order chi connectivity index (χ1) is 16.6. The smallest absolute Gasteiger partial charge is 0.325 e. The van der Waals surface area contributed by atoms with E-state index in [0.717, 1.165) is 17.0 Å². The lowest BCUT2D eigenvalue weighted by molar-refractivity contribution is -0.119. The number of urea groups is 1. The van der Waals surface area contributed by atoms with Gasteiger partial charge in [0.25, 0.3) is 0 Å². The Hall–Kier alpha value is -3.41. The highest BCUT2D eigenvalue weighted by atomic mass is 32.1. The molecule has 35 heavy (non-hydrogen) atoms. The number of hydrogen-bond donors (Lipinski definition) is 3. The van der Waals surface area contributed by atoms with E-state index in [9.17, 15) is 9.59 Å². The van der Waals surface area contributed by atoms with Crippen molar-refractivity contribution >= 4 is 34.2 Å². The van der Waals surface area contributed by atoms with Crippen LogP contribution >= 0.6 is 11.3 Å². The van der Waals surface area contributed by atoms with E-state index >= 15 is 0 Å². The number of carbonyl (C=O) groups is 2. The number of aromatic nitrogens is 3. The second kappa shape index (κ2) is 10.1. The van der Waals surface area contributed by atoms with Crippen molar-refractivity contribution in [2.45, 2.75) is 58.5 Å². The van der Waals surface area contributed by atoms with Crippen LogP contribution in [0.3, 0.4) is 0 Å². The molecule has 3 N–H and O–H groups in total. The largest absolute Gasteiger partial charge is 0.481 e. The van der Waals surface area contributed by atoms with Gasteiger partial charge in [-0.25, -0.2) is 9.78 Å². The summed E-state index contributed by atoms with van der Waals surface area (Å²) < 4.78 is 10.4. The van der Waals surface area contributed by atoms with Crippen LogP contribution in [-0.4, -0.2) is 53.2 Å². The van der Waals surface area contributed by atoms with Gasteiger partial charge in [0.15, 0.2) is 5.13 Å². The predicted molar refractivity (Wildman–Crippen MR) is 133 cm³/mol. The molecule has 3 amide bonds. The van der Waals surface area contributed by atoms with Gasteiger partial charge in [-0.3, -0.25) is 10.1 Å². The number of anilines is 2. The van der Waals surface area contributed by atoms with E-state index in [-0.39, 0.29) is 17.5 Å². The number of nitrogens with one attached hydrogen (secondary N) is 3. The van der Waals surface area contributed by atoms with Crippen LogP contribution in [0.25, 0.3) is 0 Å². The minimum Gasteiger partial charge on any atom is -0.481 e. The monoisotopic (exact) mass is 501 g/mol. The van der Waals surface area contributed by atoms with Gasteiger partial charge in [0.2, 0.25) is 11.8 Å². The summed E-state index contributed by atoms with van der Waals surface area (Å²) in [5.41, 5.74) is 1.93. The summed E-state index contributed by atoms with van der Waals surface area (Å²) >= 11 is 1.43. The van der Waals surface area contributed by atoms with Crippen molar-refractivity contribution in [2.24, 2.45) is 0 Å². The second-order valence-electron chi connectivity index (χ2n) is 9.41. The van der Waals surface area contributed by atoms with Crippen molar-refractivity contribution in [2.75, 3.05) is 31.0 Å². The van der Waals surface area contributed by atoms with Gasteiger partial charge < -0.3 is 25.0 Å². The molecule has 3 heterocycles. The Labute approximate surface area is 208 Å². The van der Waals surface area contributed by atoms with E-state index in [1.807, 2.05) is 20.8 Å². The SMILES string of the molecule is COc1cc(N2CCc3nc(NC(=O)NC4=C(C(=O)NC(C)(C)C)CCC4)sc3C2)nc(OC)n1. The summed E-state index contributed by atoms with van der Waals surface area (Å²) in [7, 11) is 3.06. The maximum atomic E-state index is 12.7. The first kappa shape index (κ1) is 24.7. The van der Waals surface area contributed by atoms with Crippen LogP contribution in [-0.2, 0) is 17.8 Å². The Balaban J connectivity index is 1.42. The van der Waals surface area contributed by atoms with Gasteiger partial charge in [-0.1, -0.05) is 11.3 Å². The molecule has 1 aliphatic carbocycles. The molecule has 2 aromatic rings. The molecule has 11 nitrogen and oxygen atoms in total. The number of ether oxygens (including phenoxy) is 2. The van der Waals surface area contributed by atoms with E-state index in [0.29, 0.717) is 60.5 Å². The zero-order valence-electron chi connectivity index (χ0n) is 20.7. The first-order valence-electron chi connectivity index (χ1n) is 11.5. The summed E-state index contributed by atoms with van der Waals surface area (Å²) in [6, 6.07) is 1.62. The number of nitrogens with zero attached hydrogens (tertiary/aromatic N) is 4. The maximum Gasteiger partial charge on any atom is 0.325 e. The number of amides is 3. The molecule has 0 bridgehead atoms. The zero-order valence-corrected chi connectivity index (χ0v) is 21.5. The molecule has 0 unspecified atom stereocenters. The van der Waals surface area contributed by atoms with Crippen molar-refractivity contribution in [3.63, 3.8) is 0 Å². The molecule has 0 saturated carbocycles. The number of fused-ring (bicyclic) bond motifs is 1.